The molecule has 0 atom stereocenters. The van der Waals surface area contributed by atoms with E-state index < -0.39 is 9.05 Å². The summed E-state index contributed by atoms with van der Waals surface area (Å²) < 4.78 is 22.5. The van der Waals surface area contributed by atoms with Crippen molar-refractivity contribution in [1.29, 1.82) is 0 Å². The Hall–Kier alpha value is -1.60. The van der Waals surface area contributed by atoms with Crippen molar-refractivity contribution in [2.45, 2.75) is 24.2 Å². The molecule has 0 bridgehead atoms. The Kier molecular flexibility index (Phi) is 4.83. The van der Waals surface area contributed by atoms with Crippen LogP contribution in [-0.2, 0) is 13.8 Å². The molecule has 0 aromatic heterocycles. The second kappa shape index (κ2) is 6.72. The van der Waals surface area contributed by atoms with Gasteiger partial charge in [0.25, 0.3) is 15.0 Å². The van der Waals surface area contributed by atoms with Crippen molar-refractivity contribution in [3.63, 3.8) is 0 Å². The van der Waals surface area contributed by atoms with E-state index in [1.165, 1.54) is 24.3 Å². The Labute approximate surface area is 145 Å². The Morgan fingerprint density at radius 3 is 1.96 bits per heavy atom. The first-order valence-corrected chi connectivity index (χ1v) is 10.3. The van der Waals surface area contributed by atoms with Crippen LogP contribution in [0.1, 0.15) is 29.6 Å². The monoisotopic (exact) mass is 370 g/mol. The van der Waals surface area contributed by atoms with E-state index in [0.717, 1.165) is 19.3 Å². The summed E-state index contributed by atoms with van der Waals surface area (Å²) in [7, 11) is 1.48. The van der Waals surface area contributed by atoms with Crippen LogP contribution in [0.2, 0.25) is 0 Å². The van der Waals surface area contributed by atoms with Crippen LogP contribution in [0.25, 0.3) is 0 Å². The maximum absolute atomic E-state index is 12.5. The lowest BCUT2D eigenvalue weighted by Gasteiger charge is -2.38. The van der Waals surface area contributed by atoms with Gasteiger partial charge in [-0.05, 0) is 37.1 Å². The third-order valence-corrected chi connectivity index (χ3v) is 6.09. The quantitative estimate of drug-likeness (QED) is 0.759. The van der Waals surface area contributed by atoms with Gasteiger partial charge in [0.05, 0.1) is 4.90 Å². The van der Waals surface area contributed by atoms with Crippen molar-refractivity contribution in [3.05, 3.63) is 29.8 Å². The van der Waals surface area contributed by atoms with E-state index in [0.29, 0.717) is 31.7 Å². The van der Waals surface area contributed by atoms with Crippen molar-refractivity contribution in [1.82, 2.24) is 9.80 Å². The van der Waals surface area contributed by atoms with Crippen LogP contribution in [0.5, 0.6) is 0 Å². The zero-order valence-electron chi connectivity index (χ0n) is 13.2. The van der Waals surface area contributed by atoms with Crippen molar-refractivity contribution < 1.29 is 18.0 Å². The van der Waals surface area contributed by atoms with Crippen molar-refractivity contribution in [3.8, 4) is 0 Å². The summed E-state index contributed by atoms with van der Waals surface area (Å²) in [5.41, 5.74) is 0.415. The molecule has 130 valence electrons. The minimum absolute atomic E-state index is 0.0309. The third kappa shape index (κ3) is 3.57. The van der Waals surface area contributed by atoms with Gasteiger partial charge in [-0.3, -0.25) is 9.59 Å². The number of carbonyl (C=O) groups excluding carboxylic acids is 2. The van der Waals surface area contributed by atoms with Gasteiger partial charge in [-0.2, -0.15) is 0 Å². The fraction of sp³-hybridized carbons (Fsp3) is 0.500. The molecule has 1 saturated heterocycles. The molecule has 1 aromatic rings. The first kappa shape index (κ1) is 17.2. The Morgan fingerprint density at radius 1 is 0.958 bits per heavy atom. The summed E-state index contributed by atoms with van der Waals surface area (Å²) >= 11 is 0. The lowest BCUT2D eigenvalue weighted by Crippen LogP contribution is -2.52. The summed E-state index contributed by atoms with van der Waals surface area (Å²) in [6.07, 6.45) is 3.09. The van der Waals surface area contributed by atoms with E-state index in [2.05, 4.69) is 0 Å². The molecular weight excluding hydrogens is 352 g/mol. The van der Waals surface area contributed by atoms with E-state index >= 15 is 0 Å². The highest BCUT2D eigenvalue weighted by Gasteiger charge is 2.32. The molecule has 2 amide bonds. The molecule has 3 rings (SSSR count). The number of rotatable bonds is 3. The molecule has 0 radical (unpaired) electrons. The smallest absolute Gasteiger partial charge is 0.261 e. The highest BCUT2D eigenvalue weighted by Crippen LogP contribution is 2.28. The molecule has 1 saturated carbocycles. The molecule has 1 heterocycles. The van der Waals surface area contributed by atoms with Crippen LogP contribution in [-0.4, -0.2) is 56.2 Å². The number of amides is 2. The van der Waals surface area contributed by atoms with Crippen LogP contribution in [0.4, 0.5) is 0 Å². The van der Waals surface area contributed by atoms with Gasteiger partial charge in [-0.25, -0.2) is 8.42 Å². The minimum Gasteiger partial charge on any atom is -0.339 e. The Balaban J connectivity index is 1.59. The van der Waals surface area contributed by atoms with Gasteiger partial charge in [0, 0.05) is 48.3 Å². The van der Waals surface area contributed by atoms with Crippen molar-refractivity contribution >= 4 is 31.5 Å². The zero-order chi connectivity index (χ0) is 17.3. The van der Waals surface area contributed by atoms with Gasteiger partial charge in [0.2, 0.25) is 5.91 Å². The fourth-order valence-electron chi connectivity index (χ4n) is 2.99. The van der Waals surface area contributed by atoms with Gasteiger partial charge in [0.15, 0.2) is 0 Å². The summed E-state index contributed by atoms with van der Waals surface area (Å²) in [6.45, 7) is 2.09. The Morgan fingerprint density at radius 2 is 1.50 bits per heavy atom. The number of carbonyl (C=O) groups is 2. The first-order valence-electron chi connectivity index (χ1n) is 7.99. The fourth-order valence-corrected chi connectivity index (χ4v) is 3.76. The molecule has 2 fully saturated rings. The van der Waals surface area contributed by atoms with E-state index in [1.807, 2.05) is 4.90 Å². The molecule has 1 aliphatic heterocycles. The lowest BCUT2D eigenvalue weighted by atomic mass is 9.84. The SMILES string of the molecule is O=C(c1ccc(S(=O)(=O)Cl)cc1)N1CCN(C(=O)C2CCC2)CC1. The summed E-state index contributed by atoms with van der Waals surface area (Å²) in [5.74, 6) is 0.228. The maximum atomic E-state index is 12.5. The Bertz CT molecular complexity index is 736. The molecule has 0 N–H and O–H groups in total. The molecule has 1 aromatic carbocycles. The van der Waals surface area contributed by atoms with E-state index in [9.17, 15) is 18.0 Å². The van der Waals surface area contributed by atoms with Crippen LogP contribution >= 0.6 is 10.7 Å². The van der Waals surface area contributed by atoms with E-state index in [-0.39, 0.29) is 22.6 Å². The normalized spacial score (nSPS) is 19.0. The van der Waals surface area contributed by atoms with Gasteiger partial charge in [-0.1, -0.05) is 6.42 Å². The largest absolute Gasteiger partial charge is 0.339 e. The number of hydrogen-bond acceptors (Lipinski definition) is 4. The number of piperazine rings is 1. The molecule has 0 spiro atoms. The molecular formula is C16H19ClN2O4S. The third-order valence-electron chi connectivity index (χ3n) is 4.72. The lowest BCUT2D eigenvalue weighted by molar-refractivity contribution is -0.139. The predicted molar refractivity (Wildman–Crippen MR) is 89.3 cm³/mol. The van der Waals surface area contributed by atoms with E-state index in [4.69, 9.17) is 10.7 Å². The molecule has 2 aliphatic rings. The van der Waals surface area contributed by atoms with Crippen molar-refractivity contribution in [2.75, 3.05) is 26.2 Å². The second-order valence-electron chi connectivity index (χ2n) is 6.21. The molecule has 0 unspecified atom stereocenters. The topological polar surface area (TPSA) is 74.8 Å². The second-order valence-corrected chi connectivity index (χ2v) is 8.77. The van der Waals surface area contributed by atoms with Crippen molar-refractivity contribution in [2.24, 2.45) is 5.92 Å². The summed E-state index contributed by atoms with van der Waals surface area (Å²) in [4.78, 5) is 28.2. The summed E-state index contributed by atoms with van der Waals surface area (Å²) in [5, 5.41) is 0. The van der Waals surface area contributed by atoms with Crippen LogP contribution in [0.15, 0.2) is 29.2 Å². The standard InChI is InChI=1S/C16H19ClN2O4S/c17-24(22,23)14-6-4-13(5-7-14)16(21)19-10-8-18(9-11-19)15(20)12-2-1-3-12/h4-7,12H,1-3,8-11H2. The van der Waals surface area contributed by atoms with Gasteiger partial charge in [0.1, 0.15) is 0 Å². The average Bonchev–Trinajstić information content (AvgIpc) is 2.52. The van der Waals surface area contributed by atoms with E-state index in [1.54, 1.807) is 4.90 Å². The number of benzene rings is 1. The maximum Gasteiger partial charge on any atom is 0.261 e. The molecule has 24 heavy (non-hydrogen) atoms. The predicted octanol–water partition coefficient (Wildman–Crippen LogP) is 1.70. The minimum atomic E-state index is -3.79. The highest BCUT2D eigenvalue weighted by atomic mass is 35.7. The highest BCUT2D eigenvalue weighted by molar-refractivity contribution is 8.13. The van der Waals surface area contributed by atoms with Crippen LogP contribution < -0.4 is 0 Å². The van der Waals surface area contributed by atoms with Gasteiger partial charge < -0.3 is 9.80 Å². The molecule has 1 aliphatic carbocycles. The number of halogens is 1. The van der Waals surface area contributed by atoms with Gasteiger partial charge >= 0.3 is 0 Å². The average molecular weight is 371 g/mol. The van der Waals surface area contributed by atoms with Crippen LogP contribution in [0.3, 0.4) is 0 Å². The first-order chi connectivity index (χ1) is 11.4. The molecule has 6 nitrogen and oxygen atoms in total. The van der Waals surface area contributed by atoms with Crippen LogP contribution in [0, 0.1) is 5.92 Å². The number of hydrogen-bond donors (Lipinski definition) is 0. The summed E-state index contributed by atoms with van der Waals surface area (Å²) in [6, 6.07) is 5.57. The number of nitrogens with zero attached hydrogens (tertiary/aromatic N) is 2. The molecule has 8 heteroatoms. The zero-order valence-corrected chi connectivity index (χ0v) is 14.7. The van der Waals surface area contributed by atoms with Gasteiger partial charge in [-0.15, -0.1) is 0 Å².